The highest BCUT2D eigenvalue weighted by Crippen LogP contribution is 2.38. The number of nitrogens with zero attached hydrogens (tertiary/aromatic N) is 2. The first kappa shape index (κ1) is 13.3. The molecule has 0 unspecified atom stereocenters. The Morgan fingerprint density at radius 3 is 2.82 bits per heavy atom. The van der Waals surface area contributed by atoms with E-state index in [2.05, 4.69) is 0 Å². The van der Waals surface area contributed by atoms with Gasteiger partial charge in [-0.15, -0.1) is 0 Å². The zero-order chi connectivity index (χ0) is 15.6. The van der Waals surface area contributed by atoms with E-state index in [0.29, 0.717) is 0 Å². The average Bonchev–Trinajstić information content (AvgIpc) is 2.83. The van der Waals surface area contributed by atoms with Crippen LogP contribution in [0.3, 0.4) is 0 Å². The molecule has 1 aliphatic carbocycles. The summed E-state index contributed by atoms with van der Waals surface area (Å²) in [5, 5.41) is 19.1. The lowest BCUT2D eigenvalue weighted by molar-refractivity contribution is -0.132. The van der Waals surface area contributed by atoms with E-state index in [4.69, 9.17) is 9.84 Å². The Morgan fingerprint density at radius 1 is 1.32 bits per heavy atom. The standard InChI is InChI=1S/C14H14N2O6/c17-11-8(14(20)21)4-15-5-9-16(13(19)10(15)12(11)18)6-1-2-7(3-6)22-9/h4,6-7,9,18H,1-3,5H2,(H,20,21)/t6-,7-,9-/m1/s1. The maximum atomic E-state index is 12.7. The molecule has 3 aliphatic rings. The molecule has 0 aromatic carbocycles. The molecule has 3 heterocycles. The van der Waals surface area contributed by atoms with Gasteiger partial charge in [0, 0.05) is 12.2 Å². The first-order valence-corrected chi connectivity index (χ1v) is 7.15. The average molecular weight is 306 g/mol. The quantitative estimate of drug-likeness (QED) is 0.755. The van der Waals surface area contributed by atoms with Crippen LogP contribution in [0.15, 0.2) is 11.0 Å². The van der Waals surface area contributed by atoms with Gasteiger partial charge in [-0.25, -0.2) is 4.79 Å². The van der Waals surface area contributed by atoms with Crippen molar-refractivity contribution in [2.45, 2.75) is 44.2 Å². The lowest BCUT2D eigenvalue weighted by Gasteiger charge is -2.44. The van der Waals surface area contributed by atoms with E-state index in [0.717, 1.165) is 25.5 Å². The maximum Gasteiger partial charge on any atom is 0.341 e. The minimum Gasteiger partial charge on any atom is -0.503 e. The zero-order valence-electron chi connectivity index (χ0n) is 11.6. The molecule has 1 saturated carbocycles. The minimum atomic E-state index is -1.44. The highest BCUT2D eigenvalue weighted by molar-refractivity contribution is 5.97. The monoisotopic (exact) mass is 306 g/mol. The third-order valence-electron chi connectivity index (χ3n) is 4.69. The molecule has 1 saturated heterocycles. The zero-order valence-corrected chi connectivity index (χ0v) is 11.6. The fraction of sp³-hybridized carbons (Fsp3) is 0.500. The number of fused-ring (bicyclic) bond motifs is 5. The fourth-order valence-corrected chi connectivity index (χ4v) is 3.71. The Balaban J connectivity index is 1.87. The number of hydrogen-bond acceptors (Lipinski definition) is 5. The molecule has 116 valence electrons. The number of aromatic hydroxyl groups is 1. The van der Waals surface area contributed by atoms with Gasteiger partial charge >= 0.3 is 5.97 Å². The van der Waals surface area contributed by atoms with Crippen LogP contribution in [0.2, 0.25) is 0 Å². The van der Waals surface area contributed by atoms with Crippen molar-refractivity contribution in [2.75, 3.05) is 0 Å². The number of rotatable bonds is 1. The Hall–Kier alpha value is -2.35. The van der Waals surface area contributed by atoms with Crippen molar-refractivity contribution in [3.63, 3.8) is 0 Å². The Bertz CT molecular complexity index is 754. The van der Waals surface area contributed by atoms with Crippen LogP contribution >= 0.6 is 0 Å². The van der Waals surface area contributed by atoms with Gasteiger partial charge < -0.3 is 24.4 Å². The van der Waals surface area contributed by atoms with E-state index >= 15 is 0 Å². The van der Waals surface area contributed by atoms with Crippen molar-refractivity contribution >= 4 is 11.9 Å². The van der Waals surface area contributed by atoms with Gasteiger partial charge in [-0.3, -0.25) is 9.59 Å². The summed E-state index contributed by atoms with van der Waals surface area (Å²) >= 11 is 0. The smallest absolute Gasteiger partial charge is 0.341 e. The van der Waals surface area contributed by atoms with Crippen LogP contribution < -0.4 is 5.43 Å². The molecule has 2 N–H and O–H groups in total. The second-order valence-electron chi connectivity index (χ2n) is 5.92. The predicted octanol–water partition coefficient (Wildman–Crippen LogP) is -0.0147. The van der Waals surface area contributed by atoms with Crippen molar-refractivity contribution in [1.82, 2.24) is 9.47 Å². The number of ether oxygens (including phenoxy) is 1. The normalized spacial score (nSPS) is 29.2. The summed E-state index contributed by atoms with van der Waals surface area (Å²) in [4.78, 5) is 37.2. The number of aromatic nitrogens is 1. The molecule has 2 fully saturated rings. The number of carbonyl (C=O) groups excluding carboxylic acids is 1. The number of carbonyl (C=O) groups is 2. The van der Waals surface area contributed by atoms with Gasteiger partial charge in [-0.05, 0) is 19.3 Å². The molecule has 22 heavy (non-hydrogen) atoms. The molecule has 8 nitrogen and oxygen atoms in total. The summed E-state index contributed by atoms with van der Waals surface area (Å²) in [6.45, 7) is 0.211. The molecule has 2 aliphatic heterocycles. The van der Waals surface area contributed by atoms with Crippen molar-refractivity contribution in [1.29, 1.82) is 0 Å². The summed E-state index contributed by atoms with van der Waals surface area (Å²) in [5.41, 5.74) is -1.74. The van der Waals surface area contributed by atoms with E-state index < -0.39 is 34.8 Å². The first-order chi connectivity index (χ1) is 10.5. The molecule has 1 aromatic heterocycles. The highest BCUT2D eigenvalue weighted by Gasteiger charge is 2.47. The molecule has 0 radical (unpaired) electrons. The van der Waals surface area contributed by atoms with Crippen LogP contribution in [0.5, 0.6) is 5.75 Å². The molecular formula is C14H14N2O6. The summed E-state index contributed by atoms with van der Waals surface area (Å²) in [7, 11) is 0. The maximum absolute atomic E-state index is 12.7. The van der Waals surface area contributed by atoms with E-state index in [9.17, 15) is 19.5 Å². The second kappa shape index (κ2) is 4.33. The molecule has 3 atom stereocenters. The number of hydrogen-bond donors (Lipinski definition) is 2. The van der Waals surface area contributed by atoms with Gasteiger partial charge in [-0.1, -0.05) is 0 Å². The minimum absolute atomic E-state index is 0.0543. The van der Waals surface area contributed by atoms with E-state index in [1.54, 1.807) is 4.90 Å². The summed E-state index contributed by atoms with van der Waals surface area (Å²) in [5.74, 6) is -2.72. The number of amides is 1. The van der Waals surface area contributed by atoms with Crippen molar-refractivity contribution < 1.29 is 24.5 Å². The Labute approximate surface area is 124 Å². The number of aromatic carboxylic acids is 1. The highest BCUT2D eigenvalue weighted by atomic mass is 16.5. The SMILES string of the molecule is O=C(O)c1cn2c(c(O)c1=O)C(=O)N1[C@@H]3CC[C@H](C3)O[C@@H]1C2. The number of carboxylic acids is 1. The Kier molecular flexibility index (Phi) is 2.62. The lowest BCUT2D eigenvalue weighted by Crippen LogP contribution is -2.57. The second-order valence-corrected chi connectivity index (χ2v) is 5.92. The van der Waals surface area contributed by atoms with Crippen LogP contribution in [-0.2, 0) is 11.3 Å². The van der Waals surface area contributed by atoms with Gasteiger partial charge in [0.25, 0.3) is 5.91 Å². The van der Waals surface area contributed by atoms with Crippen LogP contribution in [-0.4, -0.2) is 49.9 Å². The first-order valence-electron chi connectivity index (χ1n) is 7.15. The van der Waals surface area contributed by atoms with Gasteiger partial charge in [0.05, 0.1) is 12.6 Å². The molecule has 0 spiro atoms. The predicted molar refractivity (Wildman–Crippen MR) is 71.8 cm³/mol. The van der Waals surface area contributed by atoms with Crippen molar-refractivity contribution in [3.8, 4) is 5.75 Å². The van der Waals surface area contributed by atoms with Crippen LogP contribution in [0.25, 0.3) is 0 Å². The number of carboxylic acid groups (broad SMARTS) is 1. The summed E-state index contributed by atoms with van der Waals surface area (Å²) < 4.78 is 7.17. The molecule has 1 aromatic rings. The molecule has 1 amide bonds. The van der Waals surface area contributed by atoms with E-state index in [-0.39, 0.29) is 24.4 Å². The van der Waals surface area contributed by atoms with Crippen LogP contribution in [0.1, 0.15) is 40.1 Å². The molecular weight excluding hydrogens is 292 g/mol. The topological polar surface area (TPSA) is 109 Å². The van der Waals surface area contributed by atoms with E-state index in [1.165, 1.54) is 4.57 Å². The van der Waals surface area contributed by atoms with Gasteiger partial charge in [0.15, 0.2) is 17.7 Å². The summed E-state index contributed by atoms with van der Waals surface area (Å²) in [6.07, 6.45) is 3.23. The Morgan fingerprint density at radius 2 is 2.09 bits per heavy atom. The molecule has 4 rings (SSSR count). The van der Waals surface area contributed by atoms with Crippen LogP contribution in [0, 0.1) is 0 Å². The third kappa shape index (κ3) is 1.64. The largest absolute Gasteiger partial charge is 0.503 e. The van der Waals surface area contributed by atoms with Crippen molar-refractivity contribution in [3.05, 3.63) is 27.7 Å². The summed E-state index contributed by atoms with van der Waals surface area (Å²) in [6, 6.07) is 0.0543. The number of pyridine rings is 1. The molecule has 8 heteroatoms. The molecule has 2 bridgehead atoms. The van der Waals surface area contributed by atoms with E-state index in [1.807, 2.05) is 0 Å². The van der Waals surface area contributed by atoms with Gasteiger partial charge in [0.1, 0.15) is 5.56 Å². The fourth-order valence-electron chi connectivity index (χ4n) is 3.71. The van der Waals surface area contributed by atoms with Gasteiger partial charge in [0.2, 0.25) is 5.43 Å². The van der Waals surface area contributed by atoms with Gasteiger partial charge in [-0.2, -0.15) is 0 Å². The van der Waals surface area contributed by atoms with Crippen molar-refractivity contribution in [2.24, 2.45) is 0 Å². The lowest BCUT2D eigenvalue weighted by atomic mass is 10.1. The van der Waals surface area contributed by atoms with Crippen LogP contribution in [0.4, 0.5) is 0 Å². The third-order valence-corrected chi connectivity index (χ3v) is 4.69.